The fourth-order valence-electron chi connectivity index (χ4n) is 2.64. The summed E-state index contributed by atoms with van der Waals surface area (Å²) in [4.78, 5) is 25.5. The molecule has 2 fully saturated rings. The van der Waals surface area contributed by atoms with Crippen molar-refractivity contribution in [3.8, 4) is 0 Å². The zero-order chi connectivity index (χ0) is 15.7. The molecule has 0 spiro atoms. The highest BCUT2D eigenvalue weighted by Crippen LogP contribution is 2.27. The molecule has 0 bridgehead atoms. The normalized spacial score (nSPS) is 19.5. The monoisotopic (exact) mass is 304 g/mol. The van der Waals surface area contributed by atoms with Crippen molar-refractivity contribution in [2.24, 2.45) is 5.41 Å². The predicted molar refractivity (Wildman–Crippen MR) is 81.1 cm³/mol. The SMILES string of the molecule is Cc1cc(C(=O)OCC2(C)COC2)ccc1N1CCNC1=O. The van der Waals surface area contributed by atoms with Crippen LogP contribution in [0.5, 0.6) is 0 Å². The van der Waals surface area contributed by atoms with Crippen LogP contribution in [0.2, 0.25) is 0 Å². The Balaban J connectivity index is 1.68. The molecule has 2 heterocycles. The first-order valence-corrected chi connectivity index (χ1v) is 7.39. The van der Waals surface area contributed by atoms with Gasteiger partial charge in [0.2, 0.25) is 0 Å². The Morgan fingerprint density at radius 3 is 2.77 bits per heavy atom. The van der Waals surface area contributed by atoms with E-state index in [0.717, 1.165) is 11.3 Å². The molecule has 2 saturated heterocycles. The standard InChI is InChI=1S/C16H20N2O4/c1-11-7-12(14(19)22-10-16(2)8-21-9-16)3-4-13(11)18-6-5-17-15(18)20/h3-4,7H,5-6,8-10H2,1-2H3,(H,17,20). The van der Waals surface area contributed by atoms with Gasteiger partial charge < -0.3 is 14.8 Å². The topological polar surface area (TPSA) is 67.9 Å². The first-order chi connectivity index (χ1) is 10.5. The van der Waals surface area contributed by atoms with Crippen molar-refractivity contribution < 1.29 is 19.1 Å². The third-order valence-electron chi connectivity index (χ3n) is 4.03. The van der Waals surface area contributed by atoms with Crippen LogP contribution in [0.15, 0.2) is 18.2 Å². The molecule has 1 aromatic rings. The number of nitrogens with one attached hydrogen (secondary N) is 1. The summed E-state index contributed by atoms with van der Waals surface area (Å²) in [6, 6.07) is 5.17. The number of esters is 1. The summed E-state index contributed by atoms with van der Waals surface area (Å²) >= 11 is 0. The molecule has 22 heavy (non-hydrogen) atoms. The number of ether oxygens (including phenoxy) is 2. The second-order valence-electron chi connectivity index (χ2n) is 6.26. The summed E-state index contributed by atoms with van der Waals surface area (Å²) in [6.45, 7) is 6.82. The molecule has 2 aliphatic rings. The van der Waals surface area contributed by atoms with E-state index < -0.39 is 0 Å². The first-order valence-electron chi connectivity index (χ1n) is 7.39. The zero-order valence-corrected chi connectivity index (χ0v) is 12.8. The largest absolute Gasteiger partial charge is 0.461 e. The van der Waals surface area contributed by atoms with Crippen molar-refractivity contribution in [2.75, 3.05) is 37.8 Å². The summed E-state index contributed by atoms with van der Waals surface area (Å²) in [6.07, 6.45) is 0. The average Bonchev–Trinajstić information content (AvgIpc) is 2.88. The summed E-state index contributed by atoms with van der Waals surface area (Å²) in [7, 11) is 0. The summed E-state index contributed by atoms with van der Waals surface area (Å²) in [5.41, 5.74) is 2.15. The minimum absolute atomic E-state index is 0.0573. The van der Waals surface area contributed by atoms with Gasteiger partial charge >= 0.3 is 12.0 Å². The summed E-state index contributed by atoms with van der Waals surface area (Å²) < 4.78 is 10.5. The average molecular weight is 304 g/mol. The van der Waals surface area contributed by atoms with Crippen molar-refractivity contribution in [1.82, 2.24) is 5.32 Å². The van der Waals surface area contributed by atoms with Gasteiger partial charge in [0, 0.05) is 24.2 Å². The molecule has 0 radical (unpaired) electrons. The van der Waals surface area contributed by atoms with Gasteiger partial charge in [0.1, 0.15) is 6.61 Å². The smallest absolute Gasteiger partial charge is 0.338 e. The van der Waals surface area contributed by atoms with Crippen LogP contribution >= 0.6 is 0 Å². The third-order valence-corrected chi connectivity index (χ3v) is 4.03. The molecular formula is C16H20N2O4. The van der Waals surface area contributed by atoms with Crippen LogP contribution in [-0.2, 0) is 9.47 Å². The van der Waals surface area contributed by atoms with Gasteiger partial charge in [-0.1, -0.05) is 6.92 Å². The summed E-state index contributed by atoms with van der Waals surface area (Å²) in [5.74, 6) is -0.339. The van der Waals surface area contributed by atoms with E-state index in [1.807, 2.05) is 13.8 Å². The van der Waals surface area contributed by atoms with Gasteiger partial charge in [0.25, 0.3) is 0 Å². The highest BCUT2D eigenvalue weighted by molar-refractivity contribution is 5.96. The van der Waals surface area contributed by atoms with E-state index >= 15 is 0 Å². The van der Waals surface area contributed by atoms with Crippen LogP contribution < -0.4 is 10.2 Å². The Morgan fingerprint density at radius 2 is 2.23 bits per heavy atom. The van der Waals surface area contributed by atoms with E-state index in [9.17, 15) is 9.59 Å². The van der Waals surface area contributed by atoms with Crippen molar-refractivity contribution in [3.05, 3.63) is 29.3 Å². The quantitative estimate of drug-likeness (QED) is 0.860. The van der Waals surface area contributed by atoms with Crippen LogP contribution in [0.1, 0.15) is 22.8 Å². The second-order valence-corrected chi connectivity index (χ2v) is 6.26. The number of carbonyl (C=O) groups is 2. The Hall–Kier alpha value is -2.08. The van der Waals surface area contributed by atoms with Crippen molar-refractivity contribution in [3.63, 3.8) is 0 Å². The van der Waals surface area contributed by atoms with Gasteiger partial charge in [-0.15, -0.1) is 0 Å². The van der Waals surface area contributed by atoms with Gasteiger partial charge in [0.05, 0.1) is 18.8 Å². The van der Waals surface area contributed by atoms with E-state index in [0.29, 0.717) is 38.5 Å². The third kappa shape index (κ3) is 2.78. The maximum atomic E-state index is 12.1. The van der Waals surface area contributed by atoms with Gasteiger partial charge in [-0.25, -0.2) is 9.59 Å². The number of anilines is 1. The van der Waals surface area contributed by atoms with E-state index in [1.54, 1.807) is 23.1 Å². The Morgan fingerprint density at radius 1 is 1.45 bits per heavy atom. The fraction of sp³-hybridized carbons (Fsp3) is 0.500. The lowest BCUT2D eigenvalue weighted by atomic mass is 9.90. The highest BCUT2D eigenvalue weighted by atomic mass is 16.5. The molecule has 6 heteroatoms. The number of rotatable bonds is 4. The second kappa shape index (κ2) is 5.61. The highest BCUT2D eigenvalue weighted by Gasteiger charge is 2.35. The van der Waals surface area contributed by atoms with Gasteiger partial charge in [0.15, 0.2) is 0 Å². The molecule has 1 N–H and O–H groups in total. The number of hydrogen-bond donors (Lipinski definition) is 1. The predicted octanol–water partition coefficient (Wildman–Crippen LogP) is 1.72. The van der Waals surface area contributed by atoms with Gasteiger partial charge in [-0.05, 0) is 30.7 Å². The molecule has 118 valence electrons. The van der Waals surface area contributed by atoms with Crippen LogP contribution in [0.3, 0.4) is 0 Å². The molecule has 0 unspecified atom stereocenters. The number of amides is 2. The fourth-order valence-corrected chi connectivity index (χ4v) is 2.64. The molecule has 1 aromatic carbocycles. The molecule has 0 saturated carbocycles. The Kier molecular flexibility index (Phi) is 3.78. The van der Waals surface area contributed by atoms with E-state index in [2.05, 4.69) is 5.32 Å². The van der Waals surface area contributed by atoms with Crippen LogP contribution in [0, 0.1) is 12.3 Å². The minimum atomic E-state index is -0.339. The lowest BCUT2D eigenvalue weighted by Gasteiger charge is -2.37. The minimum Gasteiger partial charge on any atom is -0.461 e. The number of carbonyl (C=O) groups excluding carboxylic acids is 2. The molecular weight excluding hydrogens is 284 g/mol. The number of nitrogens with zero attached hydrogens (tertiary/aromatic N) is 1. The van der Waals surface area contributed by atoms with Crippen molar-refractivity contribution >= 4 is 17.7 Å². The molecule has 6 nitrogen and oxygen atoms in total. The maximum Gasteiger partial charge on any atom is 0.338 e. The van der Waals surface area contributed by atoms with E-state index in [4.69, 9.17) is 9.47 Å². The zero-order valence-electron chi connectivity index (χ0n) is 12.8. The lowest BCUT2D eigenvalue weighted by molar-refractivity contribution is -0.127. The lowest BCUT2D eigenvalue weighted by Crippen LogP contribution is -2.44. The molecule has 0 aromatic heterocycles. The summed E-state index contributed by atoms with van der Waals surface area (Å²) in [5, 5.41) is 2.77. The first kappa shape index (κ1) is 14.8. The molecule has 0 aliphatic carbocycles. The Bertz CT molecular complexity index is 610. The maximum absolute atomic E-state index is 12.1. The molecule has 2 aliphatic heterocycles. The Labute approximate surface area is 129 Å². The van der Waals surface area contributed by atoms with E-state index in [1.165, 1.54) is 0 Å². The van der Waals surface area contributed by atoms with E-state index in [-0.39, 0.29) is 17.4 Å². The van der Waals surface area contributed by atoms with Crippen molar-refractivity contribution in [2.45, 2.75) is 13.8 Å². The molecule has 3 rings (SSSR count). The number of aryl methyl sites for hydroxylation is 1. The van der Waals surface area contributed by atoms with Gasteiger partial charge in [-0.3, -0.25) is 4.90 Å². The van der Waals surface area contributed by atoms with Crippen LogP contribution in [0.25, 0.3) is 0 Å². The number of benzene rings is 1. The number of hydrogen-bond acceptors (Lipinski definition) is 4. The molecule has 2 amide bonds. The van der Waals surface area contributed by atoms with Crippen LogP contribution in [-0.4, -0.2) is 44.9 Å². The van der Waals surface area contributed by atoms with Gasteiger partial charge in [-0.2, -0.15) is 0 Å². The van der Waals surface area contributed by atoms with Crippen LogP contribution in [0.4, 0.5) is 10.5 Å². The molecule has 0 atom stereocenters. The van der Waals surface area contributed by atoms with Crippen molar-refractivity contribution in [1.29, 1.82) is 0 Å². The number of urea groups is 1.